The zero-order valence-electron chi connectivity index (χ0n) is 8.56. The minimum absolute atomic E-state index is 0.0133. The first-order valence-electron chi connectivity index (χ1n) is 4.64. The van der Waals surface area contributed by atoms with Gasteiger partial charge in [-0.15, -0.1) is 11.3 Å². The Morgan fingerprint density at radius 2 is 2.06 bits per heavy atom. The fraction of sp³-hybridized carbons (Fsp3) is 0.556. The molecular formula is C9H10Br2F3NOS. The maximum Gasteiger partial charge on any atom is 0.411 e. The van der Waals surface area contributed by atoms with Crippen molar-refractivity contribution in [1.29, 1.82) is 0 Å². The van der Waals surface area contributed by atoms with Gasteiger partial charge in [-0.3, -0.25) is 0 Å². The van der Waals surface area contributed by atoms with E-state index >= 15 is 0 Å². The van der Waals surface area contributed by atoms with Gasteiger partial charge in [0.2, 0.25) is 0 Å². The molecule has 2 nitrogen and oxygen atoms in total. The molecule has 1 rings (SSSR count). The molecule has 1 unspecified atom stereocenters. The van der Waals surface area contributed by atoms with Gasteiger partial charge >= 0.3 is 6.18 Å². The lowest BCUT2D eigenvalue weighted by Crippen LogP contribution is -2.19. The molecule has 0 bridgehead atoms. The lowest BCUT2D eigenvalue weighted by molar-refractivity contribution is -0.174. The summed E-state index contributed by atoms with van der Waals surface area (Å²) in [6, 6.07) is 1.52. The van der Waals surface area contributed by atoms with Crippen LogP contribution >= 0.6 is 43.2 Å². The molecule has 1 atom stereocenters. The lowest BCUT2D eigenvalue weighted by Gasteiger charge is -2.12. The van der Waals surface area contributed by atoms with Crippen LogP contribution in [-0.2, 0) is 4.74 Å². The van der Waals surface area contributed by atoms with E-state index in [1.807, 2.05) is 6.07 Å². The van der Waals surface area contributed by atoms with E-state index in [9.17, 15) is 13.2 Å². The van der Waals surface area contributed by atoms with Gasteiger partial charge in [0.1, 0.15) is 6.61 Å². The molecule has 0 amide bonds. The van der Waals surface area contributed by atoms with Crippen LogP contribution in [0.2, 0.25) is 0 Å². The number of nitrogens with two attached hydrogens (primary N) is 1. The molecule has 0 aliphatic heterocycles. The van der Waals surface area contributed by atoms with Crippen molar-refractivity contribution in [2.24, 2.45) is 5.73 Å². The minimum atomic E-state index is -4.28. The largest absolute Gasteiger partial charge is 0.411 e. The monoisotopic (exact) mass is 395 g/mol. The number of ether oxygens (including phenoxy) is 1. The van der Waals surface area contributed by atoms with E-state index in [4.69, 9.17) is 5.73 Å². The number of hydrogen-bond acceptors (Lipinski definition) is 3. The fourth-order valence-corrected chi connectivity index (χ4v) is 4.16. The molecule has 0 aromatic carbocycles. The van der Waals surface area contributed by atoms with E-state index in [0.717, 1.165) is 13.1 Å². The number of halogens is 5. The Hall–Kier alpha value is 0.370. The van der Waals surface area contributed by atoms with Crippen LogP contribution in [0.15, 0.2) is 13.6 Å². The van der Waals surface area contributed by atoms with Gasteiger partial charge in [-0.1, -0.05) is 0 Å². The third-order valence-electron chi connectivity index (χ3n) is 1.92. The molecule has 0 saturated carbocycles. The van der Waals surface area contributed by atoms with Crippen LogP contribution in [0.1, 0.15) is 18.0 Å². The Labute approximate surface area is 118 Å². The average Bonchev–Trinajstić information content (AvgIpc) is 2.51. The molecule has 98 valence electrons. The summed E-state index contributed by atoms with van der Waals surface area (Å²) in [5.74, 6) is 0. The highest BCUT2D eigenvalue weighted by Crippen LogP contribution is 2.35. The Morgan fingerprint density at radius 3 is 2.53 bits per heavy atom. The number of rotatable bonds is 5. The molecule has 0 spiro atoms. The van der Waals surface area contributed by atoms with E-state index in [0.29, 0.717) is 6.42 Å². The molecule has 2 N–H and O–H groups in total. The van der Waals surface area contributed by atoms with Crippen molar-refractivity contribution in [3.05, 3.63) is 19.2 Å². The highest BCUT2D eigenvalue weighted by atomic mass is 79.9. The van der Waals surface area contributed by atoms with Gasteiger partial charge in [0.15, 0.2) is 0 Å². The van der Waals surface area contributed by atoms with Crippen LogP contribution < -0.4 is 5.73 Å². The van der Waals surface area contributed by atoms with Gasteiger partial charge in [0.25, 0.3) is 0 Å². The van der Waals surface area contributed by atoms with Crippen molar-refractivity contribution in [1.82, 2.24) is 0 Å². The summed E-state index contributed by atoms with van der Waals surface area (Å²) in [5.41, 5.74) is 6.73. The van der Waals surface area contributed by atoms with E-state index in [1.165, 1.54) is 11.3 Å². The molecule has 0 aliphatic carbocycles. The maximum absolute atomic E-state index is 11.8. The topological polar surface area (TPSA) is 35.2 Å². The predicted octanol–water partition coefficient (Wildman–Crippen LogP) is 4.24. The summed E-state index contributed by atoms with van der Waals surface area (Å²) < 4.78 is 41.7. The summed E-state index contributed by atoms with van der Waals surface area (Å²) >= 11 is 8.13. The number of thiophene rings is 1. The van der Waals surface area contributed by atoms with E-state index in [1.54, 1.807) is 0 Å². The van der Waals surface area contributed by atoms with Gasteiger partial charge in [-0.05, 0) is 49.9 Å². The van der Waals surface area contributed by atoms with Gasteiger partial charge in [0, 0.05) is 12.6 Å². The molecule has 0 fully saturated rings. The molecule has 17 heavy (non-hydrogen) atoms. The SMILES string of the molecule is NC(CCOCC(F)(F)F)c1cc(Br)sc1Br. The molecular weight excluding hydrogens is 387 g/mol. The maximum atomic E-state index is 11.8. The number of alkyl halides is 3. The smallest absolute Gasteiger partial charge is 0.372 e. The minimum Gasteiger partial charge on any atom is -0.372 e. The van der Waals surface area contributed by atoms with E-state index in [-0.39, 0.29) is 12.6 Å². The molecule has 0 aliphatic rings. The first-order chi connectivity index (χ1) is 7.79. The van der Waals surface area contributed by atoms with Crippen LogP contribution in [0.3, 0.4) is 0 Å². The van der Waals surface area contributed by atoms with Crippen LogP contribution in [0, 0.1) is 0 Å². The van der Waals surface area contributed by atoms with Gasteiger partial charge in [-0.25, -0.2) is 0 Å². The van der Waals surface area contributed by atoms with Crippen LogP contribution in [-0.4, -0.2) is 19.4 Å². The Bertz CT molecular complexity index is 370. The quantitative estimate of drug-likeness (QED) is 0.755. The lowest BCUT2D eigenvalue weighted by atomic mass is 10.1. The molecule has 0 saturated heterocycles. The zero-order chi connectivity index (χ0) is 13.1. The third-order valence-corrected chi connectivity index (χ3v) is 4.31. The summed E-state index contributed by atoms with van der Waals surface area (Å²) in [5, 5.41) is 0. The van der Waals surface area contributed by atoms with Crippen molar-refractivity contribution < 1.29 is 17.9 Å². The predicted molar refractivity (Wildman–Crippen MR) is 68.1 cm³/mol. The summed E-state index contributed by atoms with van der Waals surface area (Å²) in [7, 11) is 0. The van der Waals surface area contributed by atoms with Crippen molar-refractivity contribution in [2.45, 2.75) is 18.6 Å². The van der Waals surface area contributed by atoms with Crippen molar-refractivity contribution in [2.75, 3.05) is 13.2 Å². The fourth-order valence-electron chi connectivity index (χ4n) is 1.16. The zero-order valence-corrected chi connectivity index (χ0v) is 12.5. The highest BCUT2D eigenvalue weighted by molar-refractivity contribution is 9.12. The second kappa shape index (κ2) is 6.51. The van der Waals surface area contributed by atoms with Gasteiger partial charge in [0.05, 0.1) is 7.57 Å². The van der Waals surface area contributed by atoms with Crippen molar-refractivity contribution >= 4 is 43.2 Å². The second-order valence-corrected chi connectivity index (χ2v) is 7.09. The highest BCUT2D eigenvalue weighted by Gasteiger charge is 2.27. The molecule has 1 aromatic rings. The average molecular weight is 397 g/mol. The first-order valence-corrected chi connectivity index (χ1v) is 7.04. The van der Waals surface area contributed by atoms with Crippen molar-refractivity contribution in [3.8, 4) is 0 Å². The second-order valence-electron chi connectivity index (χ2n) is 3.34. The van der Waals surface area contributed by atoms with Crippen LogP contribution in [0.25, 0.3) is 0 Å². The number of hydrogen-bond donors (Lipinski definition) is 1. The Kier molecular flexibility index (Phi) is 5.91. The van der Waals surface area contributed by atoms with Crippen LogP contribution in [0.4, 0.5) is 13.2 Å². The summed E-state index contributed by atoms with van der Waals surface area (Å²) in [4.78, 5) is 0. The Balaban J connectivity index is 2.35. The first kappa shape index (κ1) is 15.4. The van der Waals surface area contributed by atoms with Crippen molar-refractivity contribution in [3.63, 3.8) is 0 Å². The van der Waals surface area contributed by atoms with Gasteiger partial charge in [-0.2, -0.15) is 13.2 Å². The van der Waals surface area contributed by atoms with E-state index in [2.05, 4.69) is 36.6 Å². The molecule has 8 heteroatoms. The third kappa shape index (κ3) is 5.69. The molecule has 1 aromatic heterocycles. The standard InChI is InChI=1S/C9H10Br2F3NOS/c10-7-3-5(8(11)17-7)6(15)1-2-16-4-9(12,13)14/h3,6H,1-2,4,15H2. The van der Waals surface area contributed by atoms with Gasteiger partial charge < -0.3 is 10.5 Å². The molecule has 0 radical (unpaired) electrons. The van der Waals surface area contributed by atoms with Crippen LogP contribution in [0.5, 0.6) is 0 Å². The molecule has 1 heterocycles. The summed E-state index contributed by atoms with van der Waals surface area (Å²) in [6.45, 7) is -1.24. The Morgan fingerprint density at radius 1 is 1.41 bits per heavy atom. The normalized spacial score (nSPS) is 14.0. The van der Waals surface area contributed by atoms with E-state index < -0.39 is 12.8 Å². The summed E-state index contributed by atoms with van der Waals surface area (Å²) in [6.07, 6.45) is -3.94.